The van der Waals surface area contributed by atoms with Crippen LogP contribution in [0.2, 0.25) is 0 Å². The van der Waals surface area contributed by atoms with E-state index in [2.05, 4.69) is 0 Å². The first kappa shape index (κ1) is 13.1. The number of Topliss-reactive ketones (excluding diaryl/α,β-unsaturated/α-hetero) is 1. The lowest BCUT2D eigenvalue weighted by Gasteiger charge is -2.15. The average Bonchev–Trinajstić information content (AvgIpc) is 2.66. The van der Waals surface area contributed by atoms with Crippen molar-refractivity contribution < 1.29 is 9.53 Å². The van der Waals surface area contributed by atoms with E-state index in [9.17, 15) is 4.79 Å². The van der Waals surface area contributed by atoms with Crippen LogP contribution >= 0.6 is 0 Å². The third-order valence-corrected chi connectivity index (χ3v) is 3.85. The van der Waals surface area contributed by atoms with E-state index in [1.54, 1.807) is 7.11 Å². The van der Waals surface area contributed by atoms with Gasteiger partial charge in [0.25, 0.3) is 0 Å². The molecule has 0 bridgehead atoms. The van der Waals surface area contributed by atoms with Gasteiger partial charge in [0.1, 0.15) is 5.75 Å². The summed E-state index contributed by atoms with van der Waals surface area (Å²) in [6.07, 6.45) is 6.99. The Balaban J connectivity index is 2.23. The van der Waals surface area contributed by atoms with Crippen molar-refractivity contribution in [2.75, 3.05) is 7.11 Å². The highest BCUT2D eigenvalue weighted by Crippen LogP contribution is 2.29. The summed E-state index contributed by atoms with van der Waals surface area (Å²) < 4.78 is 5.32. The van der Waals surface area contributed by atoms with Gasteiger partial charge in [-0.3, -0.25) is 4.79 Å². The van der Waals surface area contributed by atoms with Crippen LogP contribution in [0.1, 0.15) is 54.4 Å². The van der Waals surface area contributed by atoms with Crippen LogP contribution in [0.4, 0.5) is 0 Å². The Labute approximate surface area is 109 Å². The van der Waals surface area contributed by atoms with E-state index in [0.717, 1.165) is 29.7 Å². The zero-order valence-corrected chi connectivity index (χ0v) is 11.4. The Morgan fingerprint density at radius 2 is 1.83 bits per heavy atom. The maximum atomic E-state index is 12.6. The zero-order valence-electron chi connectivity index (χ0n) is 11.4. The number of benzene rings is 1. The third kappa shape index (κ3) is 2.92. The lowest BCUT2D eigenvalue weighted by Crippen LogP contribution is -2.15. The summed E-state index contributed by atoms with van der Waals surface area (Å²) in [7, 11) is 1.63. The van der Waals surface area contributed by atoms with Gasteiger partial charge in [-0.25, -0.2) is 0 Å². The predicted octanol–water partition coefficient (Wildman–Crippen LogP) is 4.16. The minimum Gasteiger partial charge on any atom is -0.496 e. The molecule has 0 unspecified atom stereocenters. The topological polar surface area (TPSA) is 26.3 Å². The molecule has 0 aliphatic heterocycles. The molecule has 18 heavy (non-hydrogen) atoms. The largest absolute Gasteiger partial charge is 0.496 e. The molecule has 1 saturated carbocycles. The lowest BCUT2D eigenvalue weighted by molar-refractivity contribution is 0.0904. The van der Waals surface area contributed by atoms with Crippen LogP contribution in [-0.4, -0.2) is 12.9 Å². The van der Waals surface area contributed by atoms with E-state index in [0.29, 0.717) is 0 Å². The van der Waals surface area contributed by atoms with Crippen LogP contribution in [0.5, 0.6) is 5.75 Å². The summed E-state index contributed by atoms with van der Waals surface area (Å²) in [6.45, 7) is 2.02. The van der Waals surface area contributed by atoms with Gasteiger partial charge in [-0.1, -0.05) is 37.3 Å². The molecule has 0 amide bonds. The molecule has 0 spiro atoms. The Hall–Kier alpha value is -1.31. The fourth-order valence-corrected chi connectivity index (χ4v) is 2.78. The fraction of sp³-hybridized carbons (Fsp3) is 0.562. The van der Waals surface area contributed by atoms with Gasteiger partial charge in [0.05, 0.1) is 12.7 Å². The molecule has 1 aliphatic carbocycles. The molecular formula is C16H22O2. The highest BCUT2D eigenvalue weighted by molar-refractivity contribution is 6.00. The van der Waals surface area contributed by atoms with Crippen molar-refractivity contribution in [3.8, 4) is 5.75 Å². The Bertz CT molecular complexity index is 415. The van der Waals surface area contributed by atoms with Gasteiger partial charge in [0.2, 0.25) is 0 Å². The maximum Gasteiger partial charge on any atom is 0.169 e. The highest BCUT2D eigenvalue weighted by Gasteiger charge is 2.23. The molecule has 1 fully saturated rings. The molecule has 0 N–H and O–H groups in total. The molecule has 0 atom stereocenters. The maximum absolute atomic E-state index is 12.6. The first-order valence-corrected chi connectivity index (χ1v) is 6.91. The van der Waals surface area contributed by atoms with Gasteiger partial charge in [0.15, 0.2) is 5.78 Å². The van der Waals surface area contributed by atoms with Crippen molar-refractivity contribution in [2.24, 2.45) is 5.92 Å². The predicted molar refractivity (Wildman–Crippen MR) is 73.3 cm³/mol. The van der Waals surface area contributed by atoms with Gasteiger partial charge in [-0.2, -0.15) is 0 Å². The monoisotopic (exact) mass is 246 g/mol. The quantitative estimate of drug-likeness (QED) is 0.591. The summed E-state index contributed by atoms with van der Waals surface area (Å²) in [5.74, 6) is 1.19. The Morgan fingerprint density at radius 1 is 1.17 bits per heavy atom. The number of rotatable bonds is 3. The fourth-order valence-electron chi connectivity index (χ4n) is 2.78. The summed E-state index contributed by atoms with van der Waals surface area (Å²) in [5, 5.41) is 0. The van der Waals surface area contributed by atoms with Crippen LogP contribution in [0.25, 0.3) is 0 Å². The van der Waals surface area contributed by atoms with Gasteiger partial charge < -0.3 is 4.74 Å². The van der Waals surface area contributed by atoms with Gasteiger partial charge in [-0.05, 0) is 31.9 Å². The molecular weight excluding hydrogens is 224 g/mol. The van der Waals surface area contributed by atoms with Crippen LogP contribution in [0.3, 0.4) is 0 Å². The van der Waals surface area contributed by atoms with E-state index in [4.69, 9.17) is 4.74 Å². The second kappa shape index (κ2) is 6.03. The zero-order chi connectivity index (χ0) is 13.0. The number of carbonyl (C=O) groups is 1. The van der Waals surface area contributed by atoms with Crippen molar-refractivity contribution in [1.29, 1.82) is 0 Å². The van der Waals surface area contributed by atoms with E-state index < -0.39 is 0 Å². The average molecular weight is 246 g/mol. The summed E-state index contributed by atoms with van der Waals surface area (Å²) in [6, 6.07) is 5.86. The second-order valence-electron chi connectivity index (χ2n) is 5.26. The molecule has 1 aromatic rings. The van der Waals surface area contributed by atoms with Crippen LogP contribution in [-0.2, 0) is 0 Å². The Morgan fingerprint density at radius 3 is 2.44 bits per heavy atom. The lowest BCUT2D eigenvalue weighted by atomic mass is 9.90. The Kier molecular flexibility index (Phi) is 4.40. The molecule has 1 aromatic carbocycles. The molecule has 98 valence electrons. The second-order valence-corrected chi connectivity index (χ2v) is 5.26. The van der Waals surface area contributed by atoms with Crippen LogP contribution in [0.15, 0.2) is 18.2 Å². The number of methoxy groups -OCH3 is 1. The standard InChI is InChI=1S/C16H22O2/c1-12-9-10-15(18-2)14(11-12)16(17)13-7-5-3-4-6-8-13/h9-11,13H,3-8H2,1-2H3. The number of carbonyl (C=O) groups excluding carboxylic acids is 1. The van der Waals surface area contributed by atoms with E-state index in [1.807, 2.05) is 25.1 Å². The van der Waals surface area contributed by atoms with Gasteiger partial charge in [-0.15, -0.1) is 0 Å². The van der Waals surface area contributed by atoms with E-state index in [1.165, 1.54) is 25.7 Å². The van der Waals surface area contributed by atoms with Crippen molar-refractivity contribution in [2.45, 2.75) is 45.4 Å². The summed E-state index contributed by atoms with van der Waals surface area (Å²) in [5.41, 5.74) is 1.89. The molecule has 0 saturated heterocycles. The van der Waals surface area contributed by atoms with E-state index in [-0.39, 0.29) is 11.7 Å². The minimum atomic E-state index is 0.197. The number of aryl methyl sites for hydroxylation is 1. The van der Waals surface area contributed by atoms with Crippen LogP contribution < -0.4 is 4.74 Å². The highest BCUT2D eigenvalue weighted by atomic mass is 16.5. The summed E-state index contributed by atoms with van der Waals surface area (Å²) >= 11 is 0. The number of ether oxygens (including phenoxy) is 1. The third-order valence-electron chi connectivity index (χ3n) is 3.85. The molecule has 0 radical (unpaired) electrons. The first-order chi connectivity index (χ1) is 8.72. The molecule has 2 nitrogen and oxygen atoms in total. The smallest absolute Gasteiger partial charge is 0.169 e. The van der Waals surface area contributed by atoms with Crippen molar-refractivity contribution in [3.63, 3.8) is 0 Å². The van der Waals surface area contributed by atoms with Crippen molar-refractivity contribution in [1.82, 2.24) is 0 Å². The molecule has 1 aliphatic rings. The first-order valence-electron chi connectivity index (χ1n) is 6.91. The molecule has 2 rings (SSSR count). The summed E-state index contributed by atoms with van der Waals surface area (Å²) in [4.78, 5) is 12.6. The SMILES string of the molecule is COc1ccc(C)cc1C(=O)C1CCCCCC1. The molecule has 0 aromatic heterocycles. The number of hydrogen-bond donors (Lipinski definition) is 0. The number of ketones is 1. The van der Waals surface area contributed by atoms with Gasteiger partial charge in [0, 0.05) is 5.92 Å². The van der Waals surface area contributed by atoms with Crippen molar-refractivity contribution in [3.05, 3.63) is 29.3 Å². The number of hydrogen-bond acceptors (Lipinski definition) is 2. The normalized spacial score (nSPS) is 17.2. The van der Waals surface area contributed by atoms with Gasteiger partial charge >= 0.3 is 0 Å². The minimum absolute atomic E-state index is 0.197. The van der Waals surface area contributed by atoms with E-state index >= 15 is 0 Å². The molecule has 0 heterocycles. The van der Waals surface area contributed by atoms with Crippen LogP contribution in [0, 0.1) is 12.8 Å². The van der Waals surface area contributed by atoms with Crippen molar-refractivity contribution >= 4 is 5.78 Å². The molecule has 2 heteroatoms.